The van der Waals surface area contributed by atoms with Crippen LogP contribution in [0.3, 0.4) is 0 Å². The molecule has 6 nitrogen and oxygen atoms in total. The standard InChI is InChI=1S/C18H18INO5/c1-24-15-8-13(7-14(19)10-15)9-16(17(21)22)20-18(23)25-11-12-5-3-2-4-6-12/h2-8,10,16H,9,11H2,1H3,(H,20,23)(H,21,22)/t16-/m0/s1. The average Bonchev–Trinajstić information content (AvgIpc) is 2.59. The minimum absolute atomic E-state index is 0.0794. The fourth-order valence-corrected chi connectivity index (χ4v) is 2.91. The molecule has 7 heteroatoms. The number of alkyl carbamates (subject to hydrolysis) is 1. The molecule has 2 aromatic rings. The van der Waals surface area contributed by atoms with Crippen LogP contribution in [0.15, 0.2) is 48.5 Å². The number of ether oxygens (including phenoxy) is 2. The predicted molar refractivity (Wildman–Crippen MR) is 101 cm³/mol. The van der Waals surface area contributed by atoms with Gasteiger partial charge in [-0.3, -0.25) is 0 Å². The van der Waals surface area contributed by atoms with Gasteiger partial charge < -0.3 is 19.9 Å². The van der Waals surface area contributed by atoms with E-state index in [0.29, 0.717) is 5.75 Å². The topological polar surface area (TPSA) is 84.9 Å². The molecule has 25 heavy (non-hydrogen) atoms. The molecule has 1 atom stereocenters. The maximum absolute atomic E-state index is 11.9. The third kappa shape index (κ3) is 6.26. The van der Waals surface area contributed by atoms with Gasteiger partial charge in [0.25, 0.3) is 0 Å². The SMILES string of the molecule is COc1cc(I)cc(C[C@H](NC(=O)OCc2ccccc2)C(=O)O)c1. The molecule has 0 unspecified atom stereocenters. The summed E-state index contributed by atoms with van der Waals surface area (Å²) >= 11 is 2.12. The first-order valence-electron chi connectivity index (χ1n) is 7.51. The maximum Gasteiger partial charge on any atom is 0.408 e. The Morgan fingerprint density at radius 3 is 2.52 bits per heavy atom. The first-order chi connectivity index (χ1) is 12.0. The number of carboxylic acid groups (broad SMARTS) is 1. The molecule has 0 saturated carbocycles. The van der Waals surface area contributed by atoms with Crippen molar-refractivity contribution < 1.29 is 24.2 Å². The highest BCUT2D eigenvalue weighted by Gasteiger charge is 2.21. The lowest BCUT2D eigenvalue weighted by Crippen LogP contribution is -2.42. The van der Waals surface area contributed by atoms with Crippen molar-refractivity contribution in [2.24, 2.45) is 0 Å². The van der Waals surface area contributed by atoms with Crippen molar-refractivity contribution >= 4 is 34.7 Å². The van der Waals surface area contributed by atoms with Crippen molar-refractivity contribution in [1.29, 1.82) is 0 Å². The summed E-state index contributed by atoms with van der Waals surface area (Å²) in [7, 11) is 1.54. The molecule has 0 fully saturated rings. The second-order valence-electron chi connectivity index (χ2n) is 5.30. The first kappa shape index (κ1) is 19.0. The molecule has 0 heterocycles. The van der Waals surface area contributed by atoms with E-state index in [1.807, 2.05) is 42.5 Å². The summed E-state index contributed by atoms with van der Waals surface area (Å²) in [4.78, 5) is 23.3. The van der Waals surface area contributed by atoms with E-state index in [-0.39, 0.29) is 13.0 Å². The minimum Gasteiger partial charge on any atom is -0.497 e. The van der Waals surface area contributed by atoms with Gasteiger partial charge >= 0.3 is 12.1 Å². The van der Waals surface area contributed by atoms with Crippen molar-refractivity contribution in [3.8, 4) is 5.75 Å². The molecular weight excluding hydrogens is 437 g/mol. The Morgan fingerprint density at radius 2 is 1.88 bits per heavy atom. The van der Waals surface area contributed by atoms with Gasteiger partial charge in [-0.1, -0.05) is 30.3 Å². The lowest BCUT2D eigenvalue weighted by atomic mass is 10.1. The Bertz CT molecular complexity index is 736. The number of aliphatic carboxylic acids is 1. The molecule has 0 spiro atoms. The van der Waals surface area contributed by atoms with Gasteiger partial charge in [0.1, 0.15) is 18.4 Å². The van der Waals surface area contributed by atoms with E-state index in [9.17, 15) is 14.7 Å². The molecule has 0 saturated heterocycles. The van der Waals surface area contributed by atoms with Crippen molar-refractivity contribution in [1.82, 2.24) is 5.32 Å². The smallest absolute Gasteiger partial charge is 0.408 e. The Labute approximate surface area is 159 Å². The molecule has 2 N–H and O–H groups in total. The van der Waals surface area contributed by atoms with Gasteiger partial charge in [0.15, 0.2) is 0 Å². The molecule has 2 aromatic carbocycles. The van der Waals surface area contributed by atoms with Crippen LogP contribution in [0, 0.1) is 3.57 Å². The van der Waals surface area contributed by atoms with Gasteiger partial charge in [-0.25, -0.2) is 9.59 Å². The predicted octanol–water partition coefficient (Wildman–Crippen LogP) is 3.22. The number of hydrogen-bond donors (Lipinski definition) is 2. The molecule has 0 aromatic heterocycles. The Balaban J connectivity index is 1.97. The highest BCUT2D eigenvalue weighted by Crippen LogP contribution is 2.19. The average molecular weight is 455 g/mol. The van der Waals surface area contributed by atoms with Crippen LogP contribution in [-0.2, 0) is 22.6 Å². The monoisotopic (exact) mass is 455 g/mol. The molecule has 0 radical (unpaired) electrons. The Kier molecular flexibility index (Phi) is 7.05. The molecule has 0 aliphatic heterocycles. The van der Waals surface area contributed by atoms with Crippen LogP contribution in [0.1, 0.15) is 11.1 Å². The minimum atomic E-state index is -1.13. The Hall–Kier alpha value is -2.29. The van der Waals surface area contributed by atoms with Crippen molar-refractivity contribution in [3.63, 3.8) is 0 Å². The molecular formula is C18H18INO5. The van der Waals surface area contributed by atoms with Crippen LogP contribution >= 0.6 is 22.6 Å². The number of rotatable bonds is 7. The number of carboxylic acids is 1. The molecule has 0 aliphatic carbocycles. The van der Waals surface area contributed by atoms with Crippen LogP contribution < -0.4 is 10.1 Å². The van der Waals surface area contributed by atoms with Crippen LogP contribution in [0.4, 0.5) is 4.79 Å². The van der Waals surface area contributed by atoms with Gasteiger partial charge in [0, 0.05) is 9.99 Å². The van der Waals surface area contributed by atoms with E-state index in [4.69, 9.17) is 9.47 Å². The van der Waals surface area contributed by atoms with E-state index in [2.05, 4.69) is 27.9 Å². The normalized spacial score (nSPS) is 11.4. The van der Waals surface area contributed by atoms with E-state index >= 15 is 0 Å². The van der Waals surface area contributed by atoms with Gasteiger partial charge in [-0.15, -0.1) is 0 Å². The molecule has 2 rings (SSSR count). The van der Waals surface area contributed by atoms with E-state index in [1.165, 1.54) is 0 Å². The number of methoxy groups -OCH3 is 1. The number of nitrogens with one attached hydrogen (secondary N) is 1. The molecule has 0 bridgehead atoms. The number of halogens is 1. The number of carbonyl (C=O) groups excluding carboxylic acids is 1. The third-order valence-electron chi connectivity index (χ3n) is 3.41. The number of carbonyl (C=O) groups is 2. The largest absolute Gasteiger partial charge is 0.497 e. The highest BCUT2D eigenvalue weighted by atomic mass is 127. The van der Waals surface area contributed by atoms with E-state index in [0.717, 1.165) is 14.7 Å². The van der Waals surface area contributed by atoms with E-state index < -0.39 is 18.1 Å². The number of benzene rings is 2. The summed E-state index contributed by atoms with van der Waals surface area (Å²) in [6, 6.07) is 13.5. The van der Waals surface area contributed by atoms with Crippen molar-refractivity contribution in [3.05, 3.63) is 63.2 Å². The fraction of sp³-hybridized carbons (Fsp3) is 0.222. The zero-order chi connectivity index (χ0) is 18.2. The summed E-state index contributed by atoms with van der Waals surface area (Å²) in [6.07, 6.45) is -0.642. The number of hydrogen-bond acceptors (Lipinski definition) is 4. The van der Waals surface area contributed by atoms with Crippen LogP contribution in [0.25, 0.3) is 0 Å². The first-order valence-corrected chi connectivity index (χ1v) is 8.59. The summed E-state index contributed by atoms with van der Waals surface area (Å²) in [5.41, 5.74) is 1.58. The summed E-state index contributed by atoms with van der Waals surface area (Å²) in [5.74, 6) is -0.493. The second-order valence-corrected chi connectivity index (χ2v) is 6.55. The zero-order valence-corrected chi connectivity index (χ0v) is 15.7. The Morgan fingerprint density at radius 1 is 1.16 bits per heavy atom. The second kappa shape index (κ2) is 9.26. The quantitative estimate of drug-likeness (QED) is 0.627. The lowest BCUT2D eigenvalue weighted by Gasteiger charge is -2.15. The molecule has 1 amide bonds. The molecule has 132 valence electrons. The van der Waals surface area contributed by atoms with Gasteiger partial charge in [-0.2, -0.15) is 0 Å². The third-order valence-corrected chi connectivity index (χ3v) is 4.03. The van der Waals surface area contributed by atoms with Crippen LogP contribution in [0.2, 0.25) is 0 Å². The van der Waals surface area contributed by atoms with Gasteiger partial charge in [0.05, 0.1) is 7.11 Å². The van der Waals surface area contributed by atoms with Gasteiger partial charge in [0.2, 0.25) is 0 Å². The van der Waals surface area contributed by atoms with Gasteiger partial charge in [-0.05, 0) is 51.9 Å². The summed E-state index contributed by atoms with van der Waals surface area (Å²) in [6.45, 7) is 0.0794. The lowest BCUT2D eigenvalue weighted by molar-refractivity contribution is -0.139. The van der Waals surface area contributed by atoms with Crippen LogP contribution in [0.5, 0.6) is 5.75 Å². The van der Waals surface area contributed by atoms with Crippen LogP contribution in [-0.4, -0.2) is 30.3 Å². The summed E-state index contributed by atoms with van der Waals surface area (Å²) < 4.78 is 11.2. The maximum atomic E-state index is 11.9. The molecule has 0 aliphatic rings. The number of amides is 1. The summed E-state index contributed by atoms with van der Waals surface area (Å²) in [5, 5.41) is 11.7. The highest BCUT2D eigenvalue weighted by molar-refractivity contribution is 14.1. The van der Waals surface area contributed by atoms with E-state index in [1.54, 1.807) is 13.2 Å². The van der Waals surface area contributed by atoms with Crippen molar-refractivity contribution in [2.45, 2.75) is 19.1 Å². The fourth-order valence-electron chi connectivity index (χ4n) is 2.20. The zero-order valence-electron chi connectivity index (χ0n) is 13.6. The van der Waals surface area contributed by atoms with Crippen molar-refractivity contribution in [2.75, 3.05) is 7.11 Å².